The lowest BCUT2D eigenvalue weighted by atomic mass is 10.0. The first-order valence-electron chi connectivity index (χ1n) is 7.86. The molecule has 0 radical (unpaired) electrons. The summed E-state index contributed by atoms with van der Waals surface area (Å²) >= 11 is 0. The number of rotatable bonds is 4. The van der Waals surface area contributed by atoms with Crippen LogP contribution < -0.4 is 16.4 Å². The van der Waals surface area contributed by atoms with E-state index in [2.05, 4.69) is 10.6 Å². The van der Waals surface area contributed by atoms with Gasteiger partial charge in [-0.1, -0.05) is 24.3 Å². The van der Waals surface area contributed by atoms with Crippen molar-refractivity contribution < 1.29 is 22.8 Å². The highest BCUT2D eigenvalue weighted by Gasteiger charge is 2.16. The van der Waals surface area contributed by atoms with Crippen LogP contribution in [0.5, 0.6) is 0 Å². The molecule has 0 aliphatic carbocycles. The Bertz CT molecular complexity index is 1050. The molecule has 0 aliphatic heterocycles. The van der Waals surface area contributed by atoms with E-state index in [1.165, 1.54) is 0 Å². The van der Waals surface area contributed by atoms with Gasteiger partial charge in [-0.05, 0) is 35.0 Å². The van der Waals surface area contributed by atoms with Crippen molar-refractivity contribution in [1.82, 2.24) is 5.32 Å². The molecule has 3 aromatic carbocycles. The van der Waals surface area contributed by atoms with E-state index in [0.717, 1.165) is 16.8 Å². The van der Waals surface area contributed by atoms with Gasteiger partial charge in [0.1, 0.15) is 0 Å². The lowest BCUT2D eigenvalue weighted by Gasteiger charge is -2.10. The monoisotopic (exact) mass is 373 g/mol. The van der Waals surface area contributed by atoms with Crippen LogP contribution in [0.1, 0.15) is 10.4 Å². The van der Waals surface area contributed by atoms with Gasteiger partial charge >= 0.3 is 0 Å². The maximum atomic E-state index is 13.6. The van der Waals surface area contributed by atoms with E-state index in [4.69, 9.17) is 5.73 Å². The molecule has 3 aromatic rings. The van der Waals surface area contributed by atoms with Crippen LogP contribution in [0, 0.1) is 17.5 Å². The standard InChI is InChI=1S/C19H14F3N3O2/c20-13-5-6-15(18(22)17(13)21)25-16(26)9-24-19(27)12-7-10-3-1-2-4-11(10)8-14(12)23/h1-8H,9,23H2,(H,24,27)(H,25,26). The van der Waals surface area contributed by atoms with E-state index in [0.29, 0.717) is 6.07 Å². The average molecular weight is 373 g/mol. The van der Waals surface area contributed by atoms with E-state index in [9.17, 15) is 22.8 Å². The highest BCUT2D eigenvalue weighted by molar-refractivity contribution is 6.05. The second-order valence-electron chi connectivity index (χ2n) is 5.74. The zero-order valence-electron chi connectivity index (χ0n) is 13.9. The van der Waals surface area contributed by atoms with Crippen LogP contribution in [0.15, 0.2) is 48.5 Å². The number of halogens is 3. The van der Waals surface area contributed by atoms with Gasteiger partial charge in [0.05, 0.1) is 17.8 Å². The number of fused-ring (bicyclic) bond motifs is 1. The van der Waals surface area contributed by atoms with Gasteiger partial charge < -0.3 is 16.4 Å². The molecule has 0 atom stereocenters. The topological polar surface area (TPSA) is 84.2 Å². The minimum absolute atomic E-state index is 0.181. The molecule has 0 saturated carbocycles. The Morgan fingerprint density at radius 2 is 1.59 bits per heavy atom. The average Bonchev–Trinajstić information content (AvgIpc) is 2.66. The third-order valence-corrected chi connectivity index (χ3v) is 3.88. The predicted molar refractivity (Wildman–Crippen MR) is 95.6 cm³/mol. The Morgan fingerprint density at radius 1 is 0.926 bits per heavy atom. The minimum atomic E-state index is -1.69. The number of carbonyl (C=O) groups excluding carboxylic acids is 2. The highest BCUT2D eigenvalue weighted by Crippen LogP contribution is 2.22. The third-order valence-electron chi connectivity index (χ3n) is 3.88. The molecule has 0 aromatic heterocycles. The van der Waals surface area contributed by atoms with Crippen molar-refractivity contribution in [2.75, 3.05) is 17.6 Å². The van der Waals surface area contributed by atoms with Crippen LogP contribution in [-0.2, 0) is 4.79 Å². The second kappa shape index (κ2) is 7.36. The van der Waals surface area contributed by atoms with E-state index in [-0.39, 0.29) is 11.3 Å². The molecule has 8 heteroatoms. The number of hydrogen-bond donors (Lipinski definition) is 3. The molecule has 138 valence electrons. The molecule has 3 rings (SSSR count). The Labute approximate surface area is 152 Å². The fourth-order valence-corrected chi connectivity index (χ4v) is 2.53. The van der Waals surface area contributed by atoms with Crippen molar-refractivity contribution in [2.45, 2.75) is 0 Å². The summed E-state index contributed by atoms with van der Waals surface area (Å²) < 4.78 is 39.6. The minimum Gasteiger partial charge on any atom is -0.398 e. The molecule has 0 aliphatic rings. The number of benzene rings is 3. The highest BCUT2D eigenvalue weighted by atomic mass is 19.2. The van der Waals surface area contributed by atoms with Crippen molar-refractivity contribution in [2.24, 2.45) is 0 Å². The van der Waals surface area contributed by atoms with Crippen LogP contribution >= 0.6 is 0 Å². The zero-order valence-corrected chi connectivity index (χ0v) is 13.9. The van der Waals surface area contributed by atoms with Gasteiger partial charge in [0, 0.05) is 5.69 Å². The first kappa shape index (κ1) is 18.2. The quantitative estimate of drug-likeness (QED) is 0.485. The van der Waals surface area contributed by atoms with Crippen LogP contribution in [0.2, 0.25) is 0 Å². The van der Waals surface area contributed by atoms with Gasteiger partial charge in [-0.3, -0.25) is 9.59 Å². The number of carbonyl (C=O) groups is 2. The summed E-state index contributed by atoms with van der Waals surface area (Å²) in [5, 5.41) is 6.07. The lowest BCUT2D eigenvalue weighted by Crippen LogP contribution is -2.33. The normalized spacial score (nSPS) is 10.6. The lowest BCUT2D eigenvalue weighted by molar-refractivity contribution is -0.115. The molecule has 4 N–H and O–H groups in total. The van der Waals surface area contributed by atoms with Crippen LogP contribution in [0.25, 0.3) is 10.8 Å². The molecule has 0 fully saturated rings. The number of nitrogens with two attached hydrogens (primary N) is 1. The molecule has 5 nitrogen and oxygen atoms in total. The van der Waals surface area contributed by atoms with Crippen LogP contribution in [0.4, 0.5) is 24.5 Å². The Balaban J connectivity index is 1.68. The number of anilines is 2. The largest absolute Gasteiger partial charge is 0.398 e. The van der Waals surface area contributed by atoms with Crippen molar-refractivity contribution >= 4 is 34.0 Å². The molecule has 27 heavy (non-hydrogen) atoms. The van der Waals surface area contributed by atoms with Crippen molar-refractivity contribution in [3.63, 3.8) is 0 Å². The zero-order chi connectivity index (χ0) is 19.6. The van der Waals surface area contributed by atoms with Gasteiger partial charge in [0.25, 0.3) is 5.91 Å². The summed E-state index contributed by atoms with van der Waals surface area (Å²) in [6.45, 7) is -0.510. The Hall–Kier alpha value is -3.55. The van der Waals surface area contributed by atoms with Gasteiger partial charge in [-0.15, -0.1) is 0 Å². The molecule has 0 bridgehead atoms. The fraction of sp³-hybridized carbons (Fsp3) is 0.0526. The van der Waals surface area contributed by atoms with Crippen molar-refractivity contribution in [3.05, 3.63) is 71.5 Å². The van der Waals surface area contributed by atoms with Crippen LogP contribution in [-0.4, -0.2) is 18.4 Å². The Kier molecular flexibility index (Phi) is 4.98. The van der Waals surface area contributed by atoms with E-state index in [1.54, 1.807) is 12.1 Å². The molecular formula is C19H14F3N3O2. The summed E-state index contributed by atoms with van der Waals surface area (Å²) in [4.78, 5) is 24.1. The summed E-state index contributed by atoms with van der Waals surface area (Å²) in [7, 11) is 0. The summed E-state index contributed by atoms with van der Waals surface area (Å²) in [6, 6.07) is 12.1. The second-order valence-corrected chi connectivity index (χ2v) is 5.74. The van der Waals surface area contributed by atoms with E-state index >= 15 is 0 Å². The number of hydrogen-bond acceptors (Lipinski definition) is 3. The summed E-state index contributed by atoms with van der Waals surface area (Å²) in [5.41, 5.74) is 5.77. The van der Waals surface area contributed by atoms with Crippen molar-refractivity contribution in [1.29, 1.82) is 0 Å². The molecule has 0 unspecified atom stereocenters. The molecular weight excluding hydrogens is 359 g/mol. The Morgan fingerprint density at radius 3 is 2.30 bits per heavy atom. The first-order valence-corrected chi connectivity index (χ1v) is 7.86. The van der Waals surface area contributed by atoms with E-state index < -0.39 is 41.5 Å². The smallest absolute Gasteiger partial charge is 0.253 e. The van der Waals surface area contributed by atoms with Gasteiger partial charge in [-0.25, -0.2) is 13.2 Å². The maximum Gasteiger partial charge on any atom is 0.253 e. The SMILES string of the molecule is Nc1cc2ccccc2cc1C(=O)NCC(=O)Nc1ccc(F)c(F)c1F. The number of nitrogens with one attached hydrogen (secondary N) is 2. The third kappa shape index (κ3) is 3.84. The summed E-state index contributed by atoms with van der Waals surface area (Å²) in [6.07, 6.45) is 0. The maximum absolute atomic E-state index is 13.6. The predicted octanol–water partition coefficient (Wildman–Crippen LogP) is 3.21. The fourth-order valence-electron chi connectivity index (χ4n) is 2.53. The molecule has 0 heterocycles. The molecule has 2 amide bonds. The molecule has 0 spiro atoms. The molecule has 0 saturated heterocycles. The van der Waals surface area contributed by atoms with E-state index in [1.807, 2.05) is 24.3 Å². The summed E-state index contributed by atoms with van der Waals surface area (Å²) in [5.74, 6) is -5.99. The number of amides is 2. The first-order chi connectivity index (χ1) is 12.9. The number of nitrogen functional groups attached to an aromatic ring is 1. The van der Waals surface area contributed by atoms with Gasteiger partial charge in [-0.2, -0.15) is 0 Å². The van der Waals surface area contributed by atoms with Gasteiger partial charge in [0.2, 0.25) is 5.91 Å². The van der Waals surface area contributed by atoms with Crippen LogP contribution in [0.3, 0.4) is 0 Å². The van der Waals surface area contributed by atoms with Gasteiger partial charge in [0.15, 0.2) is 17.5 Å². The van der Waals surface area contributed by atoms with Crippen molar-refractivity contribution in [3.8, 4) is 0 Å².